The minimum atomic E-state index is -0.260. The summed E-state index contributed by atoms with van der Waals surface area (Å²) in [6.45, 7) is 0.572. The summed E-state index contributed by atoms with van der Waals surface area (Å²) in [4.78, 5) is 19.4. The maximum atomic E-state index is 13.0. The number of thioether (sulfide) groups is 1. The van der Waals surface area contributed by atoms with Gasteiger partial charge in [0.1, 0.15) is 5.82 Å². The van der Waals surface area contributed by atoms with Gasteiger partial charge in [0.05, 0.1) is 18.3 Å². The molecule has 2 N–H and O–H groups in total. The molecule has 0 spiro atoms. The third-order valence-corrected chi connectivity index (χ3v) is 4.47. The van der Waals surface area contributed by atoms with Crippen molar-refractivity contribution < 1.29 is 9.18 Å². The monoisotopic (exact) mass is 355 g/mol. The first-order valence-corrected chi connectivity index (χ1v) is 8.93. The molecule has 1 aromatic heterocycles. The van der Waals surface area contributed by atoms with Gasteiger partial charge in [-0.2, -0.15) is 0 Å². The Balaban J connectivity index is 1.42. The standard InChI is InChI=1S/C19H18FN3OS/c20-16-8-6-15(7-9-16)17-13-22-19(23-17)25-11-10-21-18(24)12-14-4-2-1-3-5-14/h1-9,13H,10-12H2,(H,21,24)(H,22,23). The van der Waals surface area contributed by atoms with Crippen LogP contribution in [-0.4, -0.2) is 28.2 Å². The molecule has 2 aromatic carbocycles. The fourth-order valence-electron chi connectivity index (χ4n) is 2.33. The average molecular weight is 355 g/mol. The van der Waals surface area contributed by atoms with E-state index in [1.165, 1.54) is 23.9 Å². The first kappa shape index (κ1) is 17.2. The Labute approximate surface area is 149 Å². The topological polar surface area (TPSA) is 57.8 Å². The minimum Gasteiger partial charge on any atom is -0.355 e. The van der Waals surface area contributed by atoms with Crippen molar-refractivity contribution in [2.75, 3.05) is 12.3 Å². The molecule has 0 aliphatic rings. The molecule has 0 unspecified atom stereocenters. The Kier molecular flexibility index (Phi) is 5.85. The quantitative estimate of drug-likeness (QED) is 0.502. The van der Waals surface area contributed by atoms with Crippen LogP contribution in [0.15, 0.2) is 66.0 Å². The van der Waals surface area contributed by atoms with Gasteiger partial charge in [-0.1, -0.05) is 42.1 Å². The molecule has 0 saturated heterocycles. The molecule has 6 heteroatoms. The normalized spacial score (nSPS) is 10.6. The Morgan fingerprint density at radius 2 is 1.88 bits per heavy atom. The van der Waals surface area contributed by atoms with Gasteiger partial charge in [0.15, 0.2) is 5.16 Å². The molecular formula is C19H18FN3OS. The van der Waals surface area contributed by atoms with Gasteiger partial charge in [0, 0.05) is 12.3 Å². The number of carbonyl (C=O) groups excluding carboxylic acids is 1. The molecule has 0 aliphatic heterocycles. The molecule has 0 atom stereocenters. The highest BCUT2D eigenvalue weighted by atomic mass is 32.2. The molecule has 3 rings (SSSR count). The fourth-order valence-corrected chi connectivity index (χ4v) is 3.04. The maximum Gasteiger partial charge on any atom is 0.224 e. The van der Waals surface area contributed by atoms with Crippen molar-refractivity contribution in [2.45, 2.75) is 11.6 Å². The minimum absolute atomic E-state index is 0.0123. The number of amides is 1. The summed E-state index contributed by atoms with van der Waals surface area (Å²) >= 11 is 1.53. The second-order valence-electron chi connectivity index (χ2n) is 5.47. The van der Waals surface area contributed by atoms with Crippen molar-refractivity contribution in [3.63, 3.8) is 0 Å². The highest BCUT2D eigenvalue weighted by molar-refractivity contribution is 7.99. The lowest BCUT2D eigenvalue weighted by molar-refractivity contribution is -0.120. The van der Waals surface area contributed by atoms with Crippen LogP contribution in [0.5, 0.6) is 0 Å². The van der Waals surface area contributed by atoms with Crippen LogP contribution in [0.3, 0.4) is 0 Å². The van der Waals surface area contributed by atoms with Gasteiger partial charge < -0.3 is 10.3 Å². The number of hydrogen-bond acceptors (Lipinski definition) is 3. The third-order valence-electron chi connectivity index (χ3n) is 3.58. The van der Waals surface area contributed by atoms with Crippen LogP contribution in [0.2, 0.25) is 0 Å². The van der Waals surface area contributed by atoms with Gasteiger partial charge >= 0.3 is 0 Å². The van der Waals surface area contributed by atoms with E-state index in [0.717, 1.165) is 27.7 Å². The van der Waals surface area contributed by atoms with Crippen LogP contribution in [0.25, 0.3) is 11.3 Å². The molecule has 1 amide bonds. The number of nitrogens with zero attached hydrogens (tertiary/aromatic N) is 1. The lowest BCUT2D eigenvalue weighted by Gasteiger charge is -2.04. The number of hydrogen-bond donors (Lipinski definition) is 2. The molecule has 4 nitrogen and oxygen atoms in total. The van der Waals surface area contributed by atoms with Crippen LogP contribution < -0.4 is 5.32 Å². The van der Waals surface area contributed by atoms with E-state index in [1.54, 1.807) is 18.3 Å². The zero-order chi connectivity index (χ0) is 17.5. The summed E-state index contributed by atoms with van der Waals surface area (Å²) in [5.41, 5.74) is 2.73. The van der Waals surface area contributed by atoms with E-state index in [0.29, 0.717) is 13.0 Å². The van der Waals surface area contributed by atoms with Gasteiger partial charge in [0.2, 0.25) is 5.91 Å². The number of rotatable bonds is 7. The molecule has 3 aromatic rings. The molecule has 25 heavy (non-hydrogen) atoms. The summed E-state index contributed by atoms with van der Waals surface area (Å²) in [5.74, 6) is 0.471. The molecule has 128 valence electrons. The van der Waals surface area contributed by atoms with E-state index < -0.39 is 0 Å². The van der Waals surface area contributed by atoms with Crippen molar-refractivity contribution >= 4 is 17.7 Å². The Hall–Kier alpha value is -2.60. The Bertz CT molecular complexity index is 818. The highest BCUT2D eigenvalue weighted by Crippen LogP contribution is 2.21. The van der Waals surface area contributed by atoms with Crippen LogP contribution in [0.4, 0.5) is 4.39 Å². The van der Waals surface area contributed by atoms with Crippen molar-refractivity contribution in [3.8, 4) is 11.3 Å². The molecule has 0 saturated carbocycles. The molecule has 0 radical (unpaired) electrons. The number of nitrogens with one attached hydrogen (secondary N) is 2. The molecule has 0 aliphatic carbocycles. The second-order valence-corrected chi connectivity index (χ2v) is 6.55. The number of benzene rings is 2. The highest BCUT2D eigenvalue weighted by Gasteiger charge is 2.05. The zero-order valence-corrected chi connectivity index (χ0v) is 14.4. The van der Waals surface area contributed by atoms with Crippen molar-refractivity contribution in [2.24, 2.45) is 0 Å². The van der Waals surface area contributed by atoms with Gasteiger partial charge in [-0.15, -0.1) is 0 Å². The van der Waals surface area contributed by atoms with Crippen molar-refractivity contribution in [1.82, 2.24) is 15.3 Å². The molecule has 0 fully saturated rings. The summed E-state index contributed by atoms with van der Waals surface area (Å²) in [5, 5.41) is 3.68. The number of aromatic amines is 1. The maximum absolute atomic E-state index is 13.0. The molecular weight excluding hydrogens is 337 g/mol. The average Bonchev–Trinajstić information content (AvgIpc) is 3.09. The Morgan fingerprint density at radius 3 is 2.64 bits per heavy atom. The number of imidazole rings is 1. The van der Waals surface area contributed by atoms with Gasteiger partial charge in [0.25, 0.3) is 0 Å². The third kappa shape index (κ3) is 5.19. The van der Waals surface area contributed by atoms with Crippen LogP contribution in [0.1, 0.15) is 5.56 Å². The fraction of sp³-hybridized carbons (Fsp3) is 0.158. The van der Waals surface area contributed by atoms with E-state index in [2.05, 4.69) is 15.3 Å². The van der Waals surface area contributed by atoms with E-state index in [9.17, 15) is 9.18 Å². The first-order chi connectivity index (χ1) is 12.2. The summed E-state index contributed by atoms with van der Waals surface area (Å²) in [6.07, 6.45) is 2.12. The second kappa shape index (κ2) is 8.48. The van der Waals surface area contributed by atoms with Gasteiger partial charge in [-0.05, 0) is 35.4 Å². The predicted molar refractivity (Wildman–Crippen MR) is 97.9 cm³/mol. The smallest absolute Gasteiger partial charge is 0.224 e. The number of aromatic nitrogens is 2. The zero-order valence-electron chi connectivity index (χ0n) is 13.5. The number of carbonyl (C=O) groups is 1. The first-order valence-electron chi connectivity index (χ1n) is 7.95. The lowest BCUT2D eigenvalue weighted by atomic mass is 10.1. The van der Waals surface area contributed by atoms with Crippen molar-refractivity contribution in [3.05, 3.63) is 72.2 Å². The lowest BCUT2D eigenvalue weighted by Crippen LogP contribution is -2.27. The number of H-pyrrole nitrogens is 1. The SMILES string of the molecule is O=C(Cc1ccccc1)NCCSc1ncc(-c2ccc(F)cc2)[nH]1. The predicted octanol–water partition coefficient (Wildman–Crippen LogP) is 3.67. The van der Waals surface area contributed by atoms with Crippen LogP contribution in [-0.2, 0) is 11.2 Å². The summed E-state index contributed by atoms with van der Waals surface area (Å²) < 4.78 is 13.0. The van der Waals surface area contributed by atoms with Crippen LogP contribution >= 0.6 is 11.8 Å². The largest absolute Gasteiger partial charge is 0.355 e. The summed E-state index contributed by atoms with van der Waals surface area (Å²) in [7, 11) is 0. The van der Waals surface area contributed by atoms with E-state index in [4.69, 9.17) is 0 Å². The number of halogens is 1. The van der Waals surface area contributed by atoms with E-state index in [-0.39, 0.29) is 11.7 Å². The van der Waals surface area contributed by atoms with Crippen molar-refractivity contribution in [1.29, 1.82) is 0 Å². The van der Waals surface area contributed by atoms with Gasteiger partial charge in [-0.25, -0.2) is 9.37 Å². The van der Waals surface area contributed by atoms with E-state index in [1.807, 2.05) is 30.3 Å². The Morgan fingerprint density at radius 1 is 1.12 bits per heavy atom. The summed E-state index contributed by atoms with van der Waals surface area (Å²) in [6, 6.07) is 15.9. The molecule has 1 heterocycles. The van der Waals surface area contributed by atoms with E-state index >= 15 is 0 Å². The van der Waals surface area contributed by atoms with Gasteiger partial charge in [-0.3, -0.25) is 4.79 Å². The molecule has 0 bridgehead atoms. The van der Waals surface area contributed by atoms with Crippen LogP contribution in [0, 0.1) is 5.82 Å².